The molecule has 1 heterocycles. The summed E-state index contributed by atoms with van der Waals surface area (Å²) in [6.45, 7) is 0.523. The molecule has 0 bridgehead atoms. The van der Waals surface area contributed by atoms with Crippen molar-refractivity contribution in [3.63, 3.8) is 0 Å². The van der Waals surface area contributed by atoms with Crippen LogP contribution in [-0.2, 0) is 23.0 Å². The van der Waals surface area contributed by atoms with Crippen molar-refractivity contribution in [3.05, 3.63) is 59.7 Å². The van der Waals surface area contributed by atoms with Crippen molar-refractivity contribution in [1.82, 2.24) is 14.9 Å². The molecule has 2 aromatic rings. The number of benzene rings is 1. The molecular weight excluding hydrogens is 294 g/mol. The van der Waals surface area contributed by atoms with Crippen LogP contribution in [0.1, 0.15) is 21.7 Å². The van der Waals surface area contributed by atoms with Crippen molar-refractivity contribution in [2.45, 2.75) is 6.42 Å². The maximum Gasteiger partial charge on any atom is 0.337 e. The minimum atomic E-state index is -0.382. The average Bonchev–Trinajstić information content (AvgIpc) is 2.98. The van der Waals surface area contributed by atoms with Crippen LogP contribution in [0.5, 0.6) is 0 Å². The first-order chi connectivity index (χ1) is 11.1. The van der Waals surface area contributed by atoms with Gasteiger partial charge in [0.1, 0.15) is 5.82 Å². The van der Waals surface area contributed by atoms with Crippen molar-refractivity contribution in [1.29, 1.82) is 0 Å². The number of ether oxygens (including phenoxy) is 1. The standard InChI is InChI=1S/C17H19N3O3/c1-20-12-11-18-15(20)9-10-19-16(21)8-5-13-3-6-14(7-4-13)17(22)23-2/h3-8,11-12H,9-10H2,1-2H3,(H,19,21). The predicted molar refractivity (Wildman–Crippen MR) is 86.7 cm³/mol. The third-order valence-electron chi connectivity index (χ3n) is 3.33. The topological polar surface area (TPSA) is 73.2 Å². The zero-order valence-electron chi connectivity index (χ0n) is 13.2. The molecule has 23 heavy (non-hydrogen) atoms. The molecule has 6 nitrogen and oxygen atoms in total. The summed E-state index contributed by atoms with van der Waals surface area (Å²) in [5.74, 6) is 0.372. The van der Waals surface area contributed by atoms with Gasteiger partial charge in [0.05, 0.1) is 12.7 Å². The molecule has 0 saturated heterocycles. The van der Waals surface area contributed by atoms with E-state index in [9.17, 15) is 9.59 Å². The highest BCUT2D eigenvalue weighted by Gasteiger charge is 2.03. The van der Waals surface area contributed by atoms with Gasteiger partial charge in [0.15, 0.2) is 0 Å². The van der Waals surface area contributed by atoms with Crippen LogP contribution in [0.15, 0.2) is 42.7 Å². The van der Waals surface area contributed by atoms with Gasteiger partial charge in [-0.1, -0.05) is 12.1 Å². The molecule has 1 N–H and O–H groups in total. The van der Waals surface area contributed by atoms with Crippen molar-refractivity contribution in [3.8, 4) is 0 Å². The number of esters is 1. The lowest BCUT2D eigenvalue weighted by Crippen LogP contribution is -2.24. The summed E-state index contributed by atoms with van der Waals surface area (Å²) < 4.78 is 6.55. The smallest absolute Gasteiger partial charge is 0.337 e. The Bertz CT molecular complexity index is 702. The van der Waals surface area contributed by atoms with E-state index >= 15 is 0 Å². The number of rotatable bonds is 6. The Morgan fingerprint density at radius 3 is 2.65 bits per heavy atom. The molecule has 0 unspecified atom stereocenters. The van der Waals surface area contributed by atoms with E-state index in [4.69, 9.17) is 0 Å². The van der Waals surface area contributed by atoms with E-state index in [0.29, 0.717) is 18.5 Å². The van der Waals surface area contributed by atoms with E-state index in [2.05, 4.69) is 15.0 Å². The molecule has 2 rings (SSSR count). The second-order valence-corrected chi connectivity index (χ2v) is 4.94. The van der Waals surface area contributed by atoms with Gasteiger partial charge in [0, 0.05) is 38.5 Å². The SMILES string of the molecule is COC(=O)c1ccc(C=CC(=O)NCCc2nccn2C)cc1. The fraction of sp³-hybridized carbons (Fsp3) is 0.235. The summed E-state index contributed by atoms with van der Waals surface area (Å²) in [5, 5.41) is 2.80. The fourth-order valence-corrected chi connectivity index (χ4v) is 2.01. The first-order valence-corrected chi connectivity index (χ1v) is 7.20. The van der Waals surface area contributed by atoms with Crippen molar-refractivity contribution >= 4 is 18.0 Å². The quantitative estimate of drug-likeness (QED) is 0.649. The van der Waals surface area contributed by atoms with Gasteiger partial charge >= 0.3 is 5.97 Å². The number of carbonyl (C=O) groups excluding carboxylic acids is 2. The zero-order chi connectivity index (χ0) is 16.7. The Labute approximate surface area is 134 Å². The van der Waals surface area contributed by atoms with Crippen LogP contribution in [0, 0.1) is 0 Å². The normalized spacial score (nSPS) is 10.7. The molecule has 0 saturated carbocycles. The first-order valence-electron chi connectivity index (χ1n) is 7.20. The molecule has 0 radical (unpaired) electrons. The minimum Gasteiger partial charge on any atom is -0.465 e. The second kappa shape index (κ2) is 7.93. The Balaban J connectivity index is 1.81. The molecule has 0 aliphatic carbocycles. The Kier molecular flexibility index (Phi) is 5.68. The molecule has 0 aliphatic rings. The summed E-state index contributed by atoms with van der Waals surface area (Å²) >= 11 is 0. The van der Waals surface area contributed by atoms with Gasteiger partial charge < -0.3 is 14.6 Å². The zero-order valence-corrected chi connectivity index (χ0v) is 13.2. The lowest BCUT2D eigenvalue weighted by Gasteiger charge is -2.03. The third kappa shape index (κ3) is 4.81. The average molecular weight is 313 g/mol. The van der Waals surface area contributed by atoms with Gasteiger partial charge in [0.2, 0.25) is 5.91 Å². The summed E-state index contributed by atoms with van der Waals surface area (Å²) in [5.41, 5.74) is 1.31. The number of methoxy groups -OCH3 is 1. The van der Waals surface area contributed by atoms with Gasteiger partial charge in [-0.25, -0.2) is 9.78 Å². The fourth-order valence-electron chi connectivity index (χ4n) is 2.01. The third-order valence-corrected chi connectivity index (χ3v) is 3.33. The second-order valence-electron chi connectivity index (χ2n) is 4.94. The number of nitrogens with zero attached hydrogens (tertiary/aromatic N) is 2. The summed E-state index contributed by atoms with van der Waals surface area (Å²) in [7, 11) is 3.26. The largest absolute Gasteiger partial charge is 0.465 e. The van der Waals surface area contributed by atoms with Crippen LogP contribution in [0.2, 0.25) is 0 Å². The van der Waals surface area contributed by atoms with E-state index in [1.54, 1.807) is 36.5 Å². The number of imidazole rings is 1. The molecule has 1 amide bonds. The molecule has 0 fully saturated rings. The van der Waals surface area contributed by atoms with Crippen LogP contribution in [0.25, 0.3) is 6.08 Å². The number of amides is 1. The predicted octanol–water partition coefficient (Wildman–Crippen LogP) is 1.58. The highest BCUT2D eigenvalue weighted by molar-refractivity contribution is 5.92. The van der Waals surface area contributed by atoms with Gasteiger partial charge in [-0.3, -0.25) is 4.79 Å². The Morgan fingerprint density at radius 1 is 1.30 bits per heavy atom. The lowest BCUT2D eigenvalue weighted by molar-refractivity contribution is -0.116. The number of hydrogen-bond acceptors (Lipinski definition) is 4. The van der Waals surface area contributed by atoms with Crippen LogP contribution >= 0.6 is 0 Å². The van der Waals surface area contributed by atoms with Gasteiger partial charge in [-0.05, 0) is 23.8 Å². The lowest BCUT2D eigenvalue weighted by atomic mass is 10.1. The monoisotopic (exact) mass is 313 g/mol. The summed E-state index contributed by atoms with van der Waals surface area (Å²) in [6, 6.07) is 6.82. The number of hydrogen-bond donors (Lipinski definition) is 1. The van der Waals surface area contributed by atoms with Crippen LogP contribution in [-0.4, -0.2) is 35.1 Å². The van der Waals surface area contributed by atoms with Crippen LogP contribution in [0.4, 0.5) is 0 Å². The Morgan fingerprint density at radius 2 is 2.04 bits per heavy atom. The first kappa shape index (κ1) is 16.5. The molecular formula is C17H19N3O3. The molecule has 6 heteroatoms. The minimum absolute atomic E-state index is 0.170. The van der Waals surface area contributed by atoms with E-state index in [-0.39, 0.29) is 11.9 Å². The molecule has 0 atom stereocenters. The van der Waals surface area contributed by atoms with Crippen molar-refractivity contribution in [2.24, 2.45) is 7.05 Å². The van der Waals surface area contributed by atoms with E-state index < -0.39 is 0 Å². The summed E-state index contributed by atoms with van der Waals surface area (Å²) in [4.78, 5) is 27.3. The van der Waals surface area contributed by atoms with Crippen molar-refractivity contribution < 1.29 is 14.3 Å². The van der Waals surface area contributed by atoms with Gasteiger partial charge in [-0.15, -0.1) is 0 Å². The Hall–Kier alpha value is -2.89. The number of aromatic nitrogens is 2. The van der Waals surface area contributed by atoms with Gasteiger partial charge in [-0.2, -0.15) is 0 Å². The van der Waals surface area contributed by atoms with E-state index in [0.717, 1.165) is 11.4 Å². The highest BCUT2D eigenvalue weighted by Crippen LogP contribution is 2.07. The van der Waals surface area contributed by atoms with Crippen LogP contribution < -0.4 is 5.32 Å². The number of nitrogens with one attached hydrogen (secondary N) is 1. The molecule has 1 aromatic carbocycles. The highest BCUT2D eigenvalue weighted by atomic mass is 16.5. The van der Waals surface area contributed by atoms with E-state index in [1.165, 1.54) is 13.2 Å². The van der Waals surface area contributed by atoms with Gasteiger partial charge in [0.25, 0.3) is 0 Å². The molecule has 0 aliphatic heterocycles. The maximum atomic E-state index is 11.8. The molecule has 120 valence electrons. The van der Waals surface area contributed by atoms with Crippen molar-refractivity contribution in [2.75, 3.05) is 13.7 Å². The number of carbonyl (C=O) groups is 2. The molecule has 1 aromatic heterocycles. The maximum absolute atomic E-state index is 11.8. The molecule has 0 spiro atoms. The van der Waals surface area contributed by atoms with E-state index in [1.807, 2.05) is 17.8 Å². The number of aryl methyl sites for hydroxylation is 1. The summed E-state index contributed by atoms with van der Waals surface area (Å²) in [6.07, 6.45) is 7.43. The van der Waals surface area contributed by atoms with Crippen LogP contribution in [0.3, 0.4) is 0 Å².